The second-order valence-corrected chi connectivity index (χ2v) is 26.8. The van der Waals surface area contributed by atoms with Gasteiger partial charge in [0.15, 0.2) is 16.7 Å². The summed E-state index contributed by atoms with van der Waals surface area (Å²) in [6, 6.07) is 22.1. The fourth-order valence-corrected chi connectivity index (χ4v) is 5.61. The number of primary sulfonamides is 1. The van der Waals surface area contributed by atoms with Gasteiger partial charge in [0.1, 0.15) is 11.3 Å². The maximum absolute atomic E-state index is 11.9. The molecule has 15 nitrogen and oxygen atoms in total. The molecule has 0 saturated heterocycles. The van der Waals surface area contributed by atoms with E-state index in [2.05, 4.69) is 55.4 Å². The second-order valence-electron chi connectivity index (χ2n) is 11.4. The van der Waals surface area contributed by atoms with E-state index in [4.69, 9.17) is 29.2 Å². The van der Waals surface area contributed by atoms with Gasteiger partial charge in [0.2, 0.25) is 20.0 Å². The van der Waals surface area contributed by atoms with E-state index in [9.17, 15) is 21.6 Å². The Hall–Kier alpha value is -2.80. The summed E-state index contributed by atoms with van der Waals surface area (Å²) in [5, 5.41) is 19.0. The van der Waals surface area contributed by atoms with E-state index in [1.807, 2.05) is 53.3 Å². The zero-order valence-electron chi connectivity index (χ0n) is 27.7. The third-order valence-corrected chi connectivity index (χ3v) is 8.41. The number of hydrogen-bond acceptors (Lipinski definition) is 13. The van der Waals surface area contributed by atoms with Gasteiger partial charge in [-0.1, -0.05) is 51.9 Å². The van der Waals surface area contributed by atoms with Gasteiger partial charge < -0.3 is 24.0 Å². The number of ether oxygens (including phenoxy) is 1. The van der Waals surface area contributed by atoms with Crippen LogP contribution >= 0.6 is 40.0 Å². The van der Waals surface area contributed by atoms with Crippen LogP contribution in [-0.4, -0.2) is 55.5 Å². The molecule has 0 spiro atoms. The van der Waals surface area contributed by atoms with Gasteiger partial charge in [0.05, 0.1) is 22.9 Å². The Kier molecular flexibility index (Phi) is 16.6. The van der Waals surface area contributed by atoms with Crippen molar-refractivity contribution in [3.8, 4) is 0 Å². The van der Waals surface area contributed by atoms with Crippen LogP contribution in [-0.2, 0) is 53.6 Å². The molecule has 275 valence electrons. The molecule has 20 heteroatoms. The Morgan fingerprint density at radius 2 is 1.12 bits per heavy atom. The molecule has 0 atom stereocenters. The molecule has 0 saturated carbocycles. The first-order chi connectivity index (χ1) is 24.1. The van der Waals surface area contributed by atoms with Crippen LogP contribution in [0, 0.1) is 0 Å². The van der Waals surface area contributed by atoms with Gasteiger partial charge in [0, 0.05) is 35.5 Å². The fraction of sp³-hybridized carbons (Fsp3) is 0.290. The van der Waals surface area contributed by atoms with Crippen molar-refractivity contribution in [1.82, 2.24) is 20.2 Å². The van der Waals surface area contributed by atoms with Crippen molar-refractivity contribution in [1.29, 1.82) is 0 Å². The number of para-hydroxylation sites is 3. The van der Waals surface area contributed by atoms with Gasteiger partial charge in [-0.05, 0) is 57.2 Å². The topological polar surface area (TPSA) is 237 Å². The summed E-state index contributed by atoms with van der Waals surface area (Å²) >= 11 is 4.74. The normalized spacial score (nSPS) is 11.4. The maximum atomic E-state index is 11.9. The van der Waals surface area contributed by atoms with Crippen LogP contribution in [0.3, 0.4) is 0 Å². The number of nitrogens with zero attached hydrogens (tertiary/aromatic N) is 3. The summed E-state index contributed by atoms with van der Waals surface area (Å²) < 4.78 is 67.3. The zero-order valence-corrected chi connectivity index (χ0v) is 35.0. The molecule has 0 radical (unpaired) electrons. The zero-order chi connectivity index (χ0) is 37.7. The number of aryl methyl sites for hydroxylation is 2. The predicted molar refractivity (Wildman–Crippen MR) is 206 cm³/mol. The number of carbonyl (C=O) groups excluding carboxylic acids is 1. The molecule has 1 amide bonds. The molecule has 0 aliphatic carbocycles. The van der Waals surface area contributed by atoms with E-state index in [1.165, 1.54) is 0 Å². The van der Waals surface area contributed by atoms with Gasteiger partial charge in [-0.2, -0.15) is 0 Å². The first-order valence-corrected chi connectivity index (χ1v) is 27.3. The molecular formula is C31H36I2N6O9S2V. The van der Waals surface area contributed by atoms with Crippen LogP contribution in [0.4, 0.5) is 4.79 Å². The van der Waals surface area contributed by atoms with Crippen molar-refractivity contribution in [2.75, 3.05) is 11.5 Å². The monoisotopic (exact) mass is 1000 g/mol. The Morgan fingerprint density at radius 1 is 0.745 bits per heavy atom. The summed E-state index contributed by atoms with van der Waals surface area (Å²) in [5.41, 5.74) is 8.70. The molecule has 6 rings (SSSR count). The van der Waals surface area contributed by atoms with Crippen LogP contribution in [0.2, 0.25) is 0 Å². The van der Waals surface area contributed by atoms with Crippen LogP contribution in [0.5, 0.6) is 0 Å². The van der Waals surface area contributed by atoms with Crippen LogP contribution < -0.4 is 15.6 Å². The van der Waals surface area contributed by atoms with Crippen LogP contribution in [0.1, 0.15) is 37.9 Å². The molecule has 0 aliphatic rings. The first kappa shape index (κ1) is 42.6. The van der Waals surface area contributed by atoms with Gasteiger partial charge in [-0.15, -0.1) is 0 Å². The predicted octanol–water partition coefficient (Wildman–Crippen LogP) is 5.94. The van der Waals surface area contributed by atoms with E-state index in [-0.39, 0.29) is 24.3 Å². The number of nitrogens with one attached hydrogen (secondary N) is 1. The number of halogens is 2. The average Bonchev–Trinajstić information content (AvgIpc) is 3.79. The van der Waals surface area contributed by atoms with E-state index >= 15 is 0 Å². The number of hydrogen-bond donors (Lipinski definition) is 3. The number of rotatable bonds is 8. The summed E-state index contributed by atoms with van der Waals surface area (Å²) in [7, 11) is -6.63. The SMILES string of the molecule is CC(C)(C)OC(=O)NS(=O)(=O)CCc1noc2ccccc12.NCc1noc2ccccc12.NS(=O)(=O)CCc1noc2ccccc12.[I][V][I]. The molecule has 0 bridgehead atoms. The first-order valence-electron chi connectivity index (χ1n) is 14.9. The summed E-state index contributed by atoms with van der Waals surface area (Å²) in [6.07, 6.45) is -0.581. The van der Waals surface area contributed by atoms with Crippen LogP contribution in [0.15, 0.2) is 86.4 Å². The van der Waals surface area contributed by atoms with E-state index in [0.29, 0.717) is 38.6 Å². The third kappa shape index (κ3) is 14.6. The summed E-state index contributed by atoms with van der Waals surface area (Å²) in [6.45, 7) is 5.39. The molecular weight excluding hydrogens is 969 g/mol. The molecule has 5 N–H and O–H groups in total. The second kappa shape index (κ2) is 19.9. The van der Waals surface area contributed by atoms with Gasteiger partial charge >= 0.3 is 55.5 Å². The number of sulfonamides is 2. The molecule has 0 fully saturated rings. The summed E-state index contributed by atoms with van der Waals surface area (Å²) in [4.78, 5) is 11.5. The van der Waals surface area contributed by atoms with Crippen LogP contribution in [0.25, 0.3) is 32.9 Å². The Bertz CT molecular complexity index is 2240. The average molecular weight is 1010 g/mol. The van der Waals surface area contributed by atoms with Crippen molar-refractivity contribution in [3.63, 3.8) is 0 Å². The molecule has 3 aromatic heterocycles. The third-order valence-electron chi connectivity index (χ3n) is 6.42. The van der Waals surface area contributed by atoms with E-state index in [1.54, 1.807) is 45.0 Å². The quantitative estimate of drug-likeness (QED) is 0.150. The van der Waals surface area contributed by atoms with Gasteiger partial charge in [0.25, 0.3) is 0 Å². The van der Waals surface area contributed by atoms with E-state index < -0.39 is 31.7 Å². The standard InChI is InChI=1S/C14H18N2O5S.C9H10N2O3S.C8H8N2O.2HI.V/c1-14(2,3)20-13(17)16-22(18,19)9-8-11-10-6-4-5-7-12(10)21-15-11;10-15(12,13)6-5-8-7-3-1-2-4-9(7)14-11-8;9-5-7-6-3-1-2-4-8(6)11-10-7;;;/h4-7H,8-9H2,1-3H3,(H,16,17);1-4H,5-6H2,(H2,10,12,13);1-4H,5,9H2;2*1H;/q;;;;;+2/p-2. The minimum atomic E-state index is -3.80. The van der Waals surface area contributed by atoms with Gasteiger partial charge in [-0.25, -0.2) is 31.5 Å². The summed E-state index contributed by atoms with van der Waals surface area (Å²) in [5.74, 6) is -0.410. The molecule has 0 aliphatic heterocycles. The van der Waals surface area contributed by atoms with Gasteiger partial charge in [-0.3, -0.25) is 0 Å². The minimum absolute atomic E-state index is 0.122. The molecule has 3 aromatic carbocycles. The number of benzene rings is 3. The molecule has 51 heavy (non-hydrogen) atoms. The van der Waals surface area contributed by atoms with E-state index in [0.717, 1.165) is 27.4 Å². The fourth-order valence-electron chi connectivity index (χ4n) is 4.27. The Balaban J connectivity index is 0.000000209. The molecule has 6 aromatic rings. The van der Waals surface area contributed by atoms with Crippen molar-refractivity contribution >= 4 is 99.0 Å². The number of amides is 1. The molecule has 0 unspecified atom stereocenters. The van der Waals surface area contributed by atoms with Crippen molar-refractivity contribution in [2.45, 2.75) is 45.8 Å². The number of fused-ring (bicyclic) bond motifs is 3. The van der Waals surface area contributed by atoms with Crippen molar-refractivity contribution < 1.29 is 49.4 Å². The Labute approximate surface area is 323 Å². The number of carbonyl (C=O) groups is 1. The Morgan fingerprint density at radius 3 is 1.51 bits per heavy atom. The number of nitrogens with two attached hydrogens (primary N) is 2. The van der Waals surface area contributed by atoms with Crippen molar-refractivity contribution in [3.05, 3.63) is 89.9 Å². The molecule has 3 heterocycles. The number of aromatic nitrogens is 3. The van der Waals surface area contributed by atoms with Crippen molar-refractivity contribution in [2.24, 2.45) is 10.9 Å².